The first-order chi connectivity index (χ1) is 11.5. The Morgan fingerprint density at radius 3 is 2.46 bits per heavy atom. The Labute approximate surface area is 147 Å². The van der Waals surface area contributed by atoms with E-state index in [1.165, 1.54) is 18.3 Å². The van der Waals surface area contributed by atoms with Gasteiger partial charge in [0.15, 0.2) is 0 Å². The van der Waals surface area contributed by atoms with Gasteiger partial charge in [-0.2, -0.15) is 0 Å². The van der Waals surface area contributed by atoms with Gasteiger partial charge in [-0.15, -0.1) is 22.7 Å². The van der Waals surface area contributed by atoms with E-state index in [1.807, 2.05) is 24.4 Å². The maximum Gasteiger partial charge on any atom is 0.275 e. The average Bonchev–Trinajstić information content (AvgIpc) is 3.21. The van der Waals surface area contributed by atoms with Crippen molar-refractivity contribution in [3.63, 3.8) is 0 Å². The molecular formula is C17H15N3O2S2. The summed E-state index contributed by atoms with van der Waals surface area (Å²) in [4.78, 5) is 29.1. The van der Waals surface area contributed by atoms with Crippen LogP contribution in [0.1, 0.15) is 23.0 Å². The summed E-state index contributed by atoms with van der Waals surface area (Å²) in [5.41, 5.74) is 2.51. The summed E-state index contributed by atoms with van der Waals surface area (Å²) in [5.74, 6) is -0.418. The van der Waals surface area contributed by atoms with Crippen LogP contribution in [0.25, 0.3) is 9.88 Å². The molecule has 2 heterocycles. The molecule has 122 valence electrons. The quantitative estimate of drug-likeness (QED) is 0.727. The van der Waals surface area contributed by atoms with Crippen molar-refractivity contribution >= 4 is 45.9 Å². The van der Waals surface area contributed by atoms with E-state index in [4.69, 9.17) is 0 Å². The lowest BCUT2D eigenvalue weighted by molar-refractivity contribution is -0.114. The summed E-state index contributed by atoms with van der Waals surface area (Å²) in [6.07, 6.45) is 0. The third kappa shape index (κ3) is 3.52. The molecule has 0 saturated heterocycles. The van der Waals surface area contributed by atoms with E-state index in [1.54, 1.807) is 34.9 Å². The number of thiophene rings is 1. The Morgan fingerprint density at radius 1 is 1.04 bits per heavy atom. The normalized spacial score (nSPS) is 10.4. The van der Waals surface area contributed by atoms with Crippen LogP contribution in [0.15, 0.2) is 41.1 Å². The summed E-state index contributed by atoms with van der Waals surface area (Å²) >= 11 is 3.03. The minimum atomic E-state index is -0.267. The van der Waals surface area contributed by atoms with Crippen LogP contribution in [0.3, 0.4) is 0 Å². The molecule has 5 nitrogen and oxygen atoms in total. The lowest BCUT2D eigenvalue weighted by atomic mass is 10.1. The van der Waals surface area contributed by atoms with E-state index in [0.29, 0.717) is 17.1 Å². The number of hydrogen-bond donors (Lipinski definition) is 2. The zero-order valence-corrected chi connectivity index (χ0v) is 14.8. The molecule has 2 amide bonds. The molecule has 0 aliphatic rings. The van der Waals surface area contributed by atoms with Crippen LogP contribution >= 0.6 is 22.7 Å². The largest absolute Gasteiger partial charge is 0.326 e. The average molecular weight is 357 g/mol. The van der Waals surface area contributed by atoms with Crippen LogP contribution in [0.4, 0.5) is 11.4 Å². The van der Waals surface area contributed by atoms with Gasteiger partial charge in [0.25, 0.3) is 5.91 Å². The molecule has 3 aromatic rings. The first-order valence-electron chi connectivity index (χ1n) is 7.22. The summed E-state index contributed by atoms with van der Waals surface area (Å²) in [6, 6.07) is 9.31. The van der Waals surface area contributed by atoms with Crippen LogP contribution in [-0.2, 0) is 4.79 Å². The van der Waals surface area contributed by atoms with Crippen LogP contribution in [-0.4, -0.2) is 16.8 Å². The fourth-order valence-corrected chi connectivity index (χ4v) is 3.79. The molecule has 0 fully saturated rings. The van der Waals surface area contributed by atoms with Crippen molar-refractivity contribution in [1.82, 2.24) is 4.98 Å². The minimum Gasteiger partial charge on any atom is -0.326 e. The lowest BCUT2D eigenvalue weighted by Crippen LogP contribution is -2.14. The Kier molecular flexibility index (Phi) is 4.73. The SMILES string of the molecule is CC(=O)Nc1cccc(NC(=O)c2csc(-c3cccs3)n2)c1C. The molecule has 7 heteroatoms. The van der Waals surface area contributed by atoms with Gasteiger partial charge in [0.1, 0.15) is 10.7 Å². The molecule has 0 saturated carbocycles. The Balaban J connectivity index is 1.79. The van der Waals surface area contributed by atoms with Crippen molar-refractivity contribution in [3.05, 3.63) is 52.3 Å². The van der Waals surface area contributed by atoms with Crippen LogP contribution in [0.2, 0.25) is 0 Å². The van der Waals surface area contributed by atoms with Crippen LogP contribution in [0.5, 0.6) is 0 Å². The third-order valence-electron chi connectivity index (χ3n) is 3.36. The Bertz CT molecular complexity index is 885. The highest BCUT2D eigenvalue weighted by atomic mass is 32.1. The van der Waals surface area contributed by atoms with E-state index in [2.05, 4.69) is 15.6 Å². The maximum atomic E-state index is 12.4. The van der Waals surface area contributed by atoms with E-state index < -0.39 is 0 Å². The van der Waals surface area contributed by atoms with Gasteiger partial charge >= 0.3 is 0 Å². The fraction of sp³-hybridized carbons (Fsp3) is 0.118. The van der Waals surface area contributed by atoms with Gasteiger partial charge in [-0.1, -0.05) is 12.1 Å². The van der Waals surface area contributed by atoms with Gasteiger partial charge < -0.3 is 10.6 Å². The predicted octanol–water partition coefficient (Wildman–Crippen LogP) is 4.39. The molecule has 2 N–H and O–H groups in total. The highest BCUT2D eigenvalue weighted by molar-refractivity contribution is 7.20. The van der Waals surface area contributed by atoms with Crippen molar-refractivity contribution in [3.8, 4) is 9.88 Å². The number of benzene rings is 1. The van der Waals surface area contributed by atoms with Crippen molar-refractivity contribution in [2.24, 2.45) is 0 Å². The topological polar surface area (TPSA) is 71.1 Å². The minimum absolute atomic E-state index is 0.151. The number of hydrogen-bond acceptors (Lipinski definition) is 5. The molecule has 3 rings (SSSR count). The van der Waals surface area contributed by atoms with Crippen LogP contribution < -0.4 is 10.6 Å². The molecule has 0 aliphatic heterocycles. The van der Waals surface area contributed by atoms with Crippen molar-refractivity contribution in [1.29, 1.82) is 0 Å². The molecule has 0 spiro atoms. The van der Waals surface area contributed by atoms with Gasteiger partial charge in [-0.25, -0.2) is 4.98 Å². The third-order valence-corrected chi connectivity index (χ3v) is 5.24. The zero-order valence-electron chi connectivity index (χ0n) is 13.1. The van der Waals surface area contributed by atoms with E-state index in [-0.39, 0.29) is 11.8 Å². The van der Waals surface area contributed by atoms with Gasteiger partial charge in [0, 0.05) is 23.7 Å². The second-order valence-corrected chi connectivity index (χ2v) is 6.93. The number of carbonyl (C=O) groups is 2. The van der Waals surface area contributed by atoms with E-state index >= 15 is 0 Å². The highest BCUT2D eigenvalue weighted by Gasteiger charge is 2.14. The molecular weight excluding hydrogens is 342 g/mol. The highest BCUT2D eigenvalue weighted by Crippen LogP contribution is 2.28. The number of carbonyl (C=O) groups excluding carboxylic acids is 2. The number of thiazole rings is 1. The first-order valence-corrected chi connectivity index (χ1v) is 8.98. The number of aromatic nitrogens is 1. The second kappa shape index (κ2) is 6.94. The zero-order chi connectivity index (χ0) is 17.1. The molecule has 0 aliphatic carbocycles. The number of rotatable bonds is 4. The summed E-state index contributed by atoms with van der Waals surface area (Å²) in [7, 11) is 0. The van der Waals surface area contributed by atoms with Crippen molar-refractivity contribution in [2.45, 2.75) is 13.8 Å². The number of nitrogens with zero attached hydrogens (tertiary/aromatic N) is 1. The number of nitrogens with one attached hydrogen (secondary N) is 2. The standard InChI is InChI=1S/C17H15N3O2S2/c1-10-12(18-11(2)21)5-3-6-13(10)19-16(22)14-9-24-17(20-14)15-7-4-8-23-15/h3-9H,1-2H3,(H,18,21)(H,19,22). The summed E-state index contributed by atoms with van der Waals surface area (Å²) < 4.78 is 0. The Hall–Kier alpha value is -2.51. The van der Waals surface area contributed by atoms with E-state index in [0.717, 1.165) is 15.4 Å². The monoisotopic (exact) mass is 357 g/mol. The van der Waals surface area contributed by atoms with Crippen molar-refractivity contribution < 1.29 is 9.59 Å². The molecule has 0 unspecified atom stereocenters. The fourth-order valence-electron chi connectivity index (χ4n) is 2.17. The number of anilines is 2. The second-order valence-electron chi connectivity index (χ2n) is 5.13. The molecule has 0 bridgehead atoms. The van der Waals surface area contributed by atoms with Crippen molar-refractivity contribution in [2.75, 3.05) is 10.6 Å². The van der Waals surface area contributed by atoms with Gasteiger partial charge in [-0.3, -0.25) is 9.59 Å². The molecule has 0 radical (unpaired) electrons. The Morgan fingerprint density at radius 2 is 1.79 bits per heavy atom. The smallest absolute Gasteiger partial charge is 0.275 e. The van der Waals surface area contributed by atoms with Gasteiger partial charge in [0.05, 0.1) is 4.88 Å². The number of amides is 2. The lowest BCUT2D eigenvalue weighted by Gasteiger charge is -2.12. The maximum absolute atomic E-state index is 12.4. The molecule has 24 heavy (non-hydrogen) atoms. The summed E-state index contributed by atoms with van der Waals surface area (Å²) in [6.45, 7) is 3.30. The molecule has 0 atom stereocenters. The van der Waals surface area contributed by atoms with E-state index in [9.17, 15) is 9.59 Å². The molecule has 2 aromatic heterocycles. The van der Waals surface area contributed by atoms with Gasteiger partial charge in [0.2, 0.25) is 5.91 Å². The molecule has 1 aromatic carbocycles. The van der Waals surface area contributed by atoms with Gasteiger partial charge in [-0.05, 0) is 36.1 Å². The summed E-state index contributed by atoms with van der Waals surface area (Å²) in [5, 5.41) is 10.2. The van der Waals surface area contributed by atoms with Crippen LogP contribution in [0, 0.1) is 6.92 Å². The first kappa shape index (κ1) is 16.4. The predicted molar refractivity (Wildman–Crippen MR) is 98.9 cm³/mol.